The number of hydrogen-bond donors (Lipinski definition) is 1. The number of rotatable bonds is 3. The summed E-state index contributed by atoms with van der Waals surface area (Å²) in [6.45, 7) is 2.54. The smallest absolute Gasteiger partial charge is 0.243 e. The van der Waals surface area contributed by atoms with E-state index in [1.165, 1.54) is 4.31 Å². The third-order valence-corrected chi connectivity index (χ3v) is 5.55. The van der Waals surface area contributed by atoms with E-state index in [9.17, 15) is 17.2 Å². The Hall–Kier alpha value is -1.05. The number of nitrogens with zero attached hydrogens (tertiary/aromatic N) is 1. The molecule has 2 rings (SSSR count). The fourth-order valence-corrected chi connectivity index (χ4v) is 3.96. The van der Waals surface area contributed by atoms with Gasteiger partial charge in [-0.15, -0.1) is 0 Å². The zero-order valence-electron chi connectivity index (χ0n) is 11.2. The van der Waals surface area contributed by atoms with Crippen molar-refractivity contribution in [3.8, 4) is 0 Å². The van der Waals surface area contributed by atoms with Gasteiger partial charge in [-0.05, 0) is 43.9 Å². The van der Waals surface area contributed by atoms with Crippen molar-refractivity contribution in [2.24, 2.45) is 11.7 Å². The van der Waals surface area contributed by atoms with Gasteiger partial charge >= 0.3 is 0 Å². The lowest BCUT2D eigenvalue weighted by molar-refractivity contribution is 0.243. The highest BCUT2D eigenvalue weighted by Gasteiger charge is 2.31. The van der Waals surface area contributed by atoms with Crippen LogP contribution < -0.4 is 5.73 Å². The molecular formula is C13H18F2N2O2S. The summed E-state index contributed by atoms with van der Waals surface area (Å²) in [5.74, 6) is -2.13. The Bertz CT molecular complexity index is 590. The number of halogens is 2. The molecule has 0 unspecified atom stereocenters. The first-order chi connectivity index (χ1) is 9.32. The van der Waals surface area contributed by atoms with Crippen molar-refractivity contribution >= 4 is 10.0 Å². The molecule has 1 aliphatic rings. The van der Waals surface area contributed by atoms with E-state index in [1.54, 1.807) is 0 Å². The Labute approximate surface area is 117 Å². The van der Waals surface area contributed by atoms with Crippen LogP contribution in [0, 0.1) is 17.6 Å². The summed E-state index contributed by atoms with van der Waals surface area (Å²) in [5.41, 5.74) is 5.82. The van der Waals surface area contributed by atoms with E-state index in [0.717, 1.165) is 31.0 Å². The van der Waals surface area contributed by atoms with Crippen LogP contribution in [0.1, 0.15) is 19.8 Å². The molecule has 1 aromatic rings. The Balaban J connectivity index is 2.27. The van der Waals surface area contributed by atoms with Gasteiger partial charge in [0.25, 0.3) is 0 Å². The van der Waals surface area contributed by atoms with Crippen molar-refractivity contribution in [3.63, 3.8) is 0 Å². The van der Waals surface area contributed by atoms with Gasteiger partial charge in [-0.1, -0.05) is 0 Å². The third-order valence-electron chi connectivity index (χ3n) is 3.69. The zero-order valence-corrected chi connectivity index (χ0v) is 12.0. The van der Waals surface area contributed by atoms with Gasteiger partial charge in [0.1, 0.15) is 0 Å². The summed E-state index contributed by atoms with van der Waals surface area (Å²) in [5, 5.41) is 0. The van der Waals surface area contributed by atoms with Gasteiger partial charge in [-0.2, -0.15) is 4.31 Å². The molecule has 0 saturated carbocycles. The standard InChI is InChI=1S/C13H18F2N2O2S/c1-9(16)10-3-2-6-17(8-10)20(18,19)11-4-5-12(14)13(15)7-11/h4-5,7,9-10H,2-3,6,8,16H2,1H3/t9-,10+/m0/s1. The molecule has 0 amide bonds. The zero-order chi connectivity index (χ0) is 14.9. The quantitative estimate of drug-likeness (QED) is 0.924. The van der Waals surface area contributed by atoms with Crippen LogP contribution in [-0.2, 0) is 10.0 Å². The normalized spacial score (nSPS) is 22.7. The predicted molar refractivity (Wildman–Crippen MR) is 71.5 cm³/mol. The molecule has 0 bridgehead atoms. The minimum atomic E-state index is -3.80. The molecule has 1 heterocycles. The molecule has 2 N–H and O–H groups in total. The minimum Gasteiger partial charge on any atom is -0.328 e. The molecule has 112 valence electrons. The first kappa shape index (κ1) is 15.3. The van der Waals surface area contributed by atoms with E-state index in [-0.39, 0.29) is 16.9 Å². The van der Waals surface area contributed by atoms with E-state index >= 15 is 0 Å². The van der Waals surface area contributed by atoms with E-state index < -0.39 is 21.7 Å². The molecule has 0 aliphatic carbocycles. The van der Waals surface area contributed by atoms with Gasteiger partial charge in [0, 0.05) is 19.1 Å². The summed E-state index contributed by atoms with van der Waals surface area (Å²) in [6, 6.07) is 2.54. The van der Waals surface area contributed by atoms with E-state index in [2.05, 4.69) is 0 Å². The second-order valence-corrected chi connectivity index (χ2v) is 7.14. The summed E-state index contributed by atoms with van der Waals surface area (Å²) < 4.78 is 52.2. The van der Waals surface area contributed by atoms with Crippen molar-refractivity contribution in [2.45, 2.75) is 30.7 Å². The molecule has 1 saturated heterocycles. The van der Waals surface area contributed by atoms with Crippen LogP contribution in [0.25, 0.3) is 0 Å². The lowest BCUT2D eigenvalue weighted by Crippen LogP contribution is -2.44. The maximum absolute atomic E-state index is 13.2. The van der Waals surface area contributed by atoms with Gasteiger partial charge in [0.15, 0.2) is 11.6 Å². The number of nitrogens with two attached hydrogens (primary N) is 1. The topological polar surface area (TPSA) is 63.4 Å². The fraction of sp³-hybridized carbons (Fsp3) is 0.538. The molecule has 7 heteroatoms. The molecular weight excluding hydrogens is 286 g/mol. The lowest BCUT2D eigenvalue weighted by atomic mass is 9.93. The first-order valence-electron chi connectivity index (χ1n) is 6.53. The van der Waals surface area contributed by atoms with Gasteiger partial charge in [0.05, 0.1) is 4.90 Å². The average Bonchev–Trinajstić information content (AvgIpc) is 2.42. The highest BCUT2D eigenvalue weighted by atomic mass is 32.2. The van der Waals surface area contributed by atoms with Crippen molar-refractivity contribution in [1.29, 1.82) is 0 Å². The molecule has 1 fully saturated rings. The van der Waals surface area contributed by atoms with E-state index in [1.807, 2.05) is 6.92 Å². The number of hydrogen-bond acceptors (Lipinski definition) is 3. The number of benzene rings is 1. The Morgan fingerprint density at radius 1 is 1.35 bits per heavy atom. The van der Waals surface area contributed by atoms with Crippen molar-refractivity contribution < 1.29 is 17.2 Å². The summed E-state index contributed by atoms with van der Waals surface area (Å²) in [7, 11) is -3.80. The number of piperidine rings is 1. The van der Waals surface area contributed by atoms with Gasteiger partial charge < -0.3 is 5.73 Å². The summed E-state index contributed by atoms with van der Waals surface area (Å²) >= 11 is 0. The molecule has 1 aromatic carbocycles. The van der Waals surface area contributed by atoms with Crippen LogP contribution in [-0.4, -0.2) is 31.9 Å². The van der Waals surface area contributed by atoms with Crippen LogP contribution in [0.3, 0.4) is 0 Å². The Kier molecular flexibility index (Phi) is 4.41. The minimum absolute atomic E-state index is 0.0869. The third kappa shape index (κ3) is 2.99. The highest BCUT2D eigenvalue weighted by molar-refractivity contribution is 7.89. The summed E-state index contributed by atoms with van der Waals surface area (Å²) in [4.78, 5) is -0.221. The Morgan fingerprint density at radius 3 is 2.65 bits per heavy atom. The molecule has 2 atom stereocenters. The second kappa shape index (κ2) is 5.75. The van der Waals surface area contributed by atoms with Gasteiger partial charge in [-0.25, -0.2) is 17.2 Å². The molecule has 0 spiro atoms. The monoisotopic (exact) mass is 304 g/mol. The van der Waals surface area contributed by atoms with Gasteiger partial charge in [0.2, 0.25) is 10.0 Å². The van der Waals surface area contributed by atoms with Crippen molar-refractivity contribution in [3.05, 3.63) is 29.8 Å². The van der Waals surface area contributed by atoms with Crippen LogP contribution in [0.2, 0.25) is 0 Å². The van der Waals surface area contributed by atoms with E-state index in [0.29, 0.717) is 13.1 Å². The average molecular weight is 304 g/mol. The summed E-state index contributed by atoms with van der Waals surface area (Å²) in [6.07, 6.45) is 1.59. The fourth-order valence-electron chi connectivity index (χ4n) is 2.41. The largest absolute Gasteiger partial charge is 0.328 e. The lowest BCUT2D eigenvalue weighted by Gasteiger charge is -2.33. The molecule has 20 heavy (non-hydrogen) atoms. The van der Waals surface area contributed by atoms with Crippen LogP contribution in [0.5, 0.6) is 0 Å². The first-order valence-corrected chi connectivity index (χ1v) is 7.97. The maximum Gasteiger partial charge on any atom is 0.243 e. The van der Waals surface area contributed by atoms with Crippen LogP contribution in [0.4, 0.5) is 8.78 Å². The second-order valence-electron chi connectivity index (χ2n) is 5.20. The highest BCUT2D eigenvalue weighted by Crippen LogP contribution is 2.25. The van der Waals surface area contributed by atoms with Crippen LogP contribution in [0.15, 0.2) is 23.1 Å². The number of sulfonamides is 1. The maximum atomic E-state index is 13.2. The van der Waals surface area contributed by atoms with Gasteiger partial charge in [-0.3, -0.25) is 0 Å². The Morgan fingerprint density at radius 2 is 2.05 bits per heavy atom. The van der Waals surface area contributed by atoms with Crippen molar-refractivity contribution in [1.82, 2.24) is 4.31 Å². The molecule has 4 nitrogen and oxygen atoms in total. The van der Waals surface area contributed by atoms with Crippen LogP contribution >= 0.6 is 0 Å². The molecule has 0 radical (unpaired) electrons. The van der Waals surface area contributed by atoms with Crippen molar-refractivity contribution in [2.75, 3.05) is 13.1 Å². The molecule has 0 aromatic heterocycles. The van der Waals surface area contributed by atoms with E-state index in [4.69, 9.17) is 5.73 Å². The predicted octanol–water partition coefficient (Wildman–Crippen LogP) is 1.71. The molecule has 1 aliphatic heterocycles. The SMILES string of the molecule is C[C@H](N)[C@@H]1CCCN(S(=O)(=O)c2ccc(F)c(F)c2)C1.